The zero-order valence-electron chi connectivity index (χ0n) is 18.5. The highest BCUT2D eigenvalue weighted by atomic mass is 16.5. The van der Waals surface area contributed by atoms with Crippen LogP contribution >= 0.6 is 0 Å². The van der Waals surface area contributed by atoms with Gasteiger partial charge < -0.3 is 15.0 Å². The first-order valence-corrected chi connectivity index (χ1v) is 11.3. The van der Waals surface area contributed by atoms with Crippen molar-refractivity contribution in [3.8, 4) is 0 Å². The summed E-state index contributed by atoms with van der Waals surface area (Å²) in [6.07, 6.45) is 4.88. The number of amides is 2. The molecular weight excluding hydrogens is 388 g/mol. The molecule has 2 aromatic rings. The number of nitrogens with zero attached hydrogens (tertiary/aromatic N) is 1. The minimum absolute atomic E-state index is 0.000574. The Morgan fingerprint density at radius 1 is 1.10 bits per heavy atom. The van der Waals surface area contributed by atoms with E-state index in [-0.39, 0.29) is 23.8 Å². The molecule has 0 aromatic heterocycles. The van der Waals surface area contributed by atoms with Crippen molar-refractivity contribution in [1.29, 1.82) is 0 Å². The summed E-state index contributed by atoms with van der Waals surface area (Å²) in [4.78, 5) is 29.4. The molecule has 4 rings (SSSR count). The van der Waals surface area contributed by atoms with E-state index in [1.54, 1.807) is 7.11 Å². The number of benzene rings is 2. The number of fused-ring (bicyclic) bond motifs is 1. The molecule has 1 aliphatic carbocycles. The van der Waals surface area contributed by atoms with E-state index >= 15 is 0 Å². The van der Waals surface area contributed by atoms with E-state index in [9.17, 15) is 9.59 Å². The molecule has 164 valence electrons. The topological polar surface area (TPSA) is 58.6 Å². The minimum Gasteiger partial charge on any atom is -0.383 e. The van der Waals surface area contributed by atoms with Crippen LogP contribution in [0.2, 0.25) is 0 Å². The lowest BCUT2D eigenvalue weighted by Gasteiger charge is -2.53. The van der Waals surface area contributed by atoms with Crippen LogP contribution in [0.25, 0.3) is 0 Å². The third kappa shape index (κ3) is 3.99. The van der Waals surface area contributed by atoms with Gasteiger partial charge in [0.05, 0.1) is 24.1 Å². The Hall–Kier alpha value is -2.66. The van der Waals surface area contributed by atoms with E-state index in [0.717, 1.165) is 43.2 Å². The second kappa shape index (κ2) is 9.23. The maximum Gasteiger partial charge on any atom is 0.254 e. The molecule has 0 saturated heterocycles. The molecule has 0 radical (unpaired) electrons. The molecule has 1 aliphatic heterocycles. The Balaban J connectivity index is 1.75. The van der Waals surface area contributed by atoms with E-state index in [4.69, 9.17) is 4.74 Å². The van der Waals surface area contributed by atoms with Gasteiger partial charge in [0, 0.05) is 19.2 Å². The van der Waals surface area contributed by atoms with Gasteiger partial charge in [0.1, 0.15) is 0 Å². The van der Waals surface area contributed by atoms with Gasteiger partial charge in [-0.3, -0.25) is 9.59 Å². The summed E-state index contributed by atoms with van der Waals surface area (Å²) in [5.41, 5.74) is 2.08. The molecule has 1 saturated carbocycles. The highest BCUT2D eigenvalue weighted by Gasteiger charge is 2.54. The smallest absolute Gasteiger partial charge is 0.254 e. The molecule has 2 atom stereocenters. The van der Waals surface area contributed by atoms with Crippen molar-refractivity contribution in [2.45, 2.75) is 56.5 Å². The van der Waals surface area contributed by atoms with Crippen molar-refractivity contribution in [1.82, 2.24) is 10.2 Å². The third-order valence-corrected chi connectivity index (χ3v) is 6.98. The van der Waals surface area contributed by atoms with Gasteiger partial charge in [-0.05, 0) is 37.0 Å². The SMILES string of the molecule is COCCN1C(=O)c2ccccc2C(C(=O)NC(C)c2ccccc2)C12CCCCC2. The predicted octanol–water partition coefficient (Wildman–Crippen LogP) is 4.45. The fourth-order valence-corrected chi connectivity index (χ4v) is 5.47. The van der Waals surface area contributed by atoms with Crippen molar-refractivity contribution in [3.63, 3.8) is 0 Å². The number of hydrogen-bond donors (Lipinski definition) is 1. The molecule has 0 bridgehead atoms. The predicted molar refractivity (Wildman–Crippen MR) is 121 cm³/mol. The Kier molecular flexibility index (Phi) is 6.42. The van der Waals surface area contributed by atoms with Crippen LogP contribution in [0.4, 0.5) is 0 Å². The van der Waals surface area contributed by atoms with Crippen LogP contribution in [0.3, 0.4) is 0 Å². The van der Waals surface area contributed by atoms with E-state index in [0.29, 0.717) is 18.7 Å². The van der Waals surface area contributed by atoms with Crippen LogP contribution in [0.5, 0.6) is 0 Å². The van der Waals surface area contributed by atoms with Gasteiger partial charge >= 0.3 is 0 Å². The zero-order valence-corrected chi connectivity index (χ0v) is 18.5. The number of carbonyl (C=O) groups excluding carboxylic acids is 2. The Morgan fingerprint density at radius 2 is 1.77 bits per heavy atom. The maximum absolute atomic E-state index is 13.9. The number of carbonyl (C=O) groups is 2. The average Bonchev–Trinajstić information content (AvgIpc) is 2.80. The van der Waals surface area contributed by atoms with Gasteiger partial charge in [-0.2, -0.15) is 0 Å². The van der Waals surface area contributed by atoms with Gasteiger partial charge in [0.25, 0.3) is 5.91 Å². The molecule has 31 heavy (non-hydrogen) atoms. The first kappa shape index (κ1) is 21.6. The Labute approximate surface area is 184 Å². The van der Waals surface area contributed by atoms with Gasteiger partial charge in [-0.25, -0.2) is 0 Å². The molecule has 2 aliphatic rings. The molecular formula is C26H32N2O3. The number of ether oxygens (including phenoxy) is 1. The van der Waals surface area contributed by atoms with Crippen molar-refractivity contribution >= 4 is 11.8 Å². The van der Waals surface area contributed by atoms with Crippen LogP contribution in [0.1, 0.15) is 72.5 Å². The van der Waals surface area contributed by atoms with Crippen molar-refractivity contribution in [3.05, 3.63) is 71.3 Å². The molecule has 1 fully saturated rings. The van der Waals surface area contributed by atoms with E-state index in [1.807, 2.05) is 66.4 Å². The molecule has 2 unspecified atom stereocenters. The van der Waals surface area contributed by atoms with Crippen LogP contribution in [-0.4, -0.2) is 42.5 Å². The average molecular weight is 421 g/mol. The second-order valence-corrected chi connectivity index (χ2v) is 8.78. The lowest BCUT2D eigenvalue weighted by Crippen LogP contribution is -2.63. The minimum atomic E-state index is -0.497. The van der Waals surface area contributed by atoms with Gasteiger partial charge in [-0.15, -0.1) is 0 Å². The van der Waals surface area contributed by atoms with E-state index in [1.165, 1.54) is 0 Å². The summed E-state index contributed by atoms with van der Waals surface area (Å²) in [5, 5.41) is 3.26. The van der Waals surface area contributed by atoms with Crippen LogP contribution < -0.4 is 5.32 Å². The highest BCUT2D eigenvalue weighted by molar-refractivity contribution is 6.02. The molecule has 5 heteroatoms. The number of methoxy groups -OCH3 is 1. The van der Waals surface area contributed by atoms with E-state index in [2.05, 4.69) is 5.32 Å². The van der Waals surface area contributed by atoms with Crippen LogP contribution in [0.15, 0.2) is 54.6 Å². The van der Waals surface area contributed by atoms with E-state index < -0.39 is 5.54 Å². The normalized spacial score (nSPS) is 20.9. The summed E-state index contributed by atoms with van der Waals surface area (Å²) in [5.74, 6) is -0.361. The van der Waals surface area contributed by atoms with Crippen LogP contribution in [0, 0.1) is 0 Å². The summed E-state index contributed by atoms with van der Waals surface area (Å²) in [7, 11) is 1.65. The van der Waals surface area contributed by atoms with Gasteiger partial charge in [0.2, 0.25) is 5.91 Å². The van der Waals surface area contributed by atoms with Crippen LogP contribution in [-0.2, 0) is 9.53 Å². The number of nitrogens with one attached hydrogen (secondary N) is 1. The number of rotatable bonds is 6. The number of hydrogen-bond acceptors (Lipinski definition) is 3. The first-order valence-electron chi connectivity index (χ1n) is 11.3. The van der Waals surface area contributed by atoms with Gasteiger partial charge in [-0.1, -0.05) is 67.8 Å². The van der Waals surface area contributed by atoms with Crippen molar-refractivity contribution in [2.24, 2.45) is 0 Å². The molecule has 1 N–H and O–H groups in total. The molecule has 1 heterocycles. The standard InChI is InChI=1S/C26H32N2O3/c1-19(20-11-5-3-6-12-20)27-24(29)23-21-13-7-8-14-22(21)25(30)28(17-18-31-2)26(23)15-9-4-10-16-26/h3,5-8,11-14,19,23H,4,9-10,15-18H2,1-2H3,(H,27,29). The largest absolute Gasteiger partial charge is 0.383 e. The van der Waals surface area contributed by atoms with Gasteiger partial charge in [0.15, 0.2) is 0 Å². The lowest BCUT2D eigenvalue weighted by molar-refractivity contribution is -0.128. The summed E-state index contributed by atoms with van der Waals surface area (Å²) >= 11 is 0. The Morgan fingerprint density at radius 3 is 2.48 bits per heavy atom. The zero-order chi connectivity index (χ0) is 21.8. The molecule has 1 spiro atoms. The summed E-state index contributed by atoms with van der Waals surface area (Å²) < 4.78 is 5.34. The molecule has 5 nitrogen and oxygen atoms in total. The monoisotopic (exact) mass is 420 g/mol. The quantitative estimate of drug-likeness (QED) is 0.751. The fourth-order valence-electron chi connectivity index (χ4n) is 5.47. The van der Waals surface area contributed by atoms with Crippen molar-refractivity contribution in [2.75, 3.05) is 20.3 Å². The molecule has 2 aromatic carbocycles. The first-order chi connectivity index (χ1) is 15.1. The summed E-state index contributed by atoms with van der Waals surface area (Å²) in [6, 6.07) is 17.6. The molecule has 2 amide bonds. The third-order valence-electron chi connectivity index (χ3n) is 6.98. The second-order valence-electron chi connectivity index (χ2n) is 8.78. The lowest BCUT2D eigenvalue weighted by atomic mass is 9.65. The Bertz CT molecular complexity index is 921. The summed E-state index contributed by atoms with van der Waals surface area (Å²) in [6.45, 7) is 2.98. The fraction of sp³-hybridized carbons (Fsp3) is 0.462. The van der Waals surface area contributed by atoms with Crippen molar-refractivity contribution < 1.29 is 14.3 Å². The maximum atomic E-state index is 13.9. The highest BCUT2D eigenvalue weighted by Crippen LogP contribution is 2.49.